The van der Waals surface area contributed by atoms with Crippen molar-refractivity contribution in [3.05, 3.63) is 53.3 Å². The minimum atomic E-state index is -3.75. The molecule has 7 nitrogen and oxygen atoms in total. The van der Waals surface area contributed by atoms with E-state index in [1.165, 1.54) is 0 Å². The quantitative estimate of drug-likeness (QED) is 0.582. The molecule has 31 heavy (non-hydrogen) atoms. The first-order valence-corrected chi connectivity index (χ1v) is 12.5. The molecule has 166 valence electrons. The number of piperazine rings is 1. The molecule has 3 aromatic rings. The number of nitrogens with two attached hydrogens (primary N) is 1. The van der Waals surface area contributed by atoms with Crippen LogP contribution in [0.5, 0.6) is 0 Å². The van der Waals surface area contributed by atoms with Crippen LogP contribution in [0.25, 0.3) is 11.0 Å². The number of anilines is 1. The van der Waals surface area contributed by atoms with E-state index < -0.39 is 10.0 Å². The fourth-order valence-corrected chi connectivity index (χ4v) is 4.78. The van der Waals surface area contributed by atoms with Gasteiger partial charge in [-0.2, -0.15) is 0 Å². The number of aromatic nitrogens is 2. The highest BCUT2D eigenvalue weighted by Gasteiger charge is 2.21. The van der Waals surface area contributed by atoms with Crippen LogP contribution >= 0.6 is 11.6 Å². The van der Waals surface area contributed by atoms with E-state index in [4.69, 9.17) is 21.7 Å². The number of imidazole rings is 1. The predicted octanol–water partition coefficient (Wildman–Crippen LogP) is 3.46. The van der Waals surface area contributed by atoms with Crippen molar-refractivity contribution < 1.29 is 8.42 Å². The van der Waals surface area contributed by atoms with Gasteiger partial charge in [-0.25, -0.2) is 18.5 Å². The Labute approximate surface area is 188 Å². The molecule has 1 aliphatic heterocycles. The smallest absolute Gasteiger partial charge is 0.238 e. The molecule has 0 saturated carbocycles. The third-order valence-corrected chi connectivity index (χ3v) is 6.92. The number of aryl methyl sites for hydroxylation is 1. The van der Waals surface area contributed by atoms with E-state index in [2.05, 4.69) is 27.4 Å². The molecule has 2 heterocycles. The number of hydrogen-bond donors (Lipinski definition) is 1. The van der Waals surface area contributed by atoms with E-state index in [1.807, 2.05) is 24.3 Å². The van der Waals surface area contributed by atoms with Crippen LogP contribution in [-0.2, 0) is 23.1 Å². The van der Waals surface area contributed by atoms with Gasteiger partial charge in [-0.15, -0.1) is 0 Å². The molecular formula is C22H28ClN5O2S. The summed E-state index contributed by atoms with van der Waals surface area (Å²) in [5.74, 6) is 0.964. The normalized spacial score (nSPS) is 15.6. The number of halogens is 1. The summed E-state index contributed by atoms with van der Waals surface area (Å²) in [5, 5.41) is 6.06. The lowest BCUT2D eigenvalue weighted by atomic mass is 10.2. The summed E-state index contributed by atoms with van der Waals surface area (Å²) in [7, 11) is -3.75. The van der Waals surface area contributed by atoms with E-state index in [9.17, 15) is 8.42 Å². The number of sulfonamides is 1. The van der Waals surface area contributed by atoms with Crippen LogP contribution in [0.15, 0.2) is 47.4 Å². The highest BCUT2D eigenvalue weighted by atomic mass is 35.5. The molecule has 9 heteroatoms. The van der Waals surface area contributed by atoms with Crippen LogP contribution < -0.4 is 10.0 Å². The van der Waals surface area contributed by atoms with Gasteiger partial charge in [-0.05, 0) is 42.8 Å². The van der Waals surface area contributed by atoms with Gasteiger partial charge in [0.25, 0.3) is 0 Å². The molecule has 4 rings (SSSR count). The molecule has 2 N–H and O–H groups in total. The highest BCUT2D eigenvalue weighted by Crippen LogP contribution is 2.24. The lowest BCUT2D eigenvalue weighted by molar-refractivity contribution is 0.241. The van der Waals surface area contributed by atoms with Gasteiger partial charge in [0.1, 0.15) is 5.82 Å². The number of rotatable bonds is 7. The van der Waals surface area contributed by atoms with Gasteiger partial charge in [0, 0.05) is 43.4 Å². The van der Waals surface area contributed by atoms with Gasteiger partial charge in [-0.1, -0.05) is 31.0 Å². The van der Waals surface area contributed by atoms with E-state index in [-0.39, 0.29) is 4.90 Å². The van der Waals surface area contributed by atoms with E-state index in [0.29, 0.717) is 5.52 Å². The average Bonchev–Trinajstić information content (AvgIpc) is 3.08. The maximum atomic E-state index is 11.7. The second kappa shape index (κ2) is 9.16. The van der Waals surface area contributed by atoms with Crippen molar-refractivity contribution in [2.75, 3.05) is 31.1 Å². The second-order valence-corrected chi connectivity index (χ2v) is 9.97. The van der Waals surface area contributed by atoms with Gasteiger partial charge in [0.15, 0.2) is 0 Å². The largest absolute Gasteiger partial charge is 0.369 e. The van der Waals surface area contributed by atoms with Crippen LogP contribution in [0.1, 0.15) is 25.6 Å². The van der Waals surface area contributed by atoms with E-state index in [0.717, 1.165) is 74.2 Å². The van der Waals surface area contributed by atoms with E-state index >= 15 is 0 Å². The summed E-state index contributed by atoms with van der Waals surface area (Å²) in [5.41, 5.74) is 2.78. The summed E-state index contributed by atoms with van der Waals surface area (Å²) in [6.07, 6.45) is 2.12. The third-order valence-electron chi connectivity index (χ3n) is 5.77. The third kappa shape index (κ3) is 5.03. The fraction of sp³-hybridized carbons (Fsp3) is 0.409. The molecule has 2 aromatic carbocycles. The first-order valence-electron chi connectivity index (χ1n) is 10.6. The number of primary sulfonamides is 1. The average molecular weight is 462 g/mol. The van der Waals surface area contributed by atoms with Crippen molar-refractivity contribution in [2.45, 2.75) is 37.8 Å². The zero-order chi connectivity index (χ0) is 22.0. The molecule has 0 spiro atoms. The Hall–Kier alpha value is -2.13. The minimum Gasteiger partial charge on any atom is -0.369 e. The first kappa shape index (κ1) is 22.1. The van der Waals surface area contributed by atoms with Gasteiger partial charge in [0.2, 0.25) is 10.0 Å². The summed E-state index contributed by atoms with van der Waals surface area (Å²) in [6.45, 7) is 7.44. The summed E-state index contributed by atoms with van der Waals surface area (Å²) in [6, 6.07) is 12.9. The van der Waals surface area contributed by atoms with Gasteiger partial charge in [0.05, 0.1) is 22.5 Å². The standard InChI is InChI=1S/C22H28ClN5O2S/c1-2-3-9-28-21-8-7-19(31(24,29)30)15-20(21)25-22(28)16-26-10-12-27(13-11-26)18-6-4-5-17(23)14-18/h4-8,14-15H,2-3,9-13,16H2,1H3,(H2,24,29,30). The lowest BCUT2D eigenvalue weighted by Gasteiger charge is -2.36. The monoisotopic (exact) mass is 461 g/mol. The molecule has 0 aliphatic carbocycles. The maximum absolute atomic E-state index is 11.7. The van der Waals surface area contributed by atoms with Crippen LogP contribution in [0.2, 0.25) is 5.02 Å². The Kier molecular flexibility index (Phi) is 6.52. The number of unbranched alkanes of at least 4 members (excludes halogenated alkanes) is 1. The number of fused-ring (bicyclic) bond motifs is 1. The predicted molar refractivity (Wildman–Crippen MR) is 125 cm³/mol. The van der Waals surface area contributed by atoms with Crippen molar-refractivity contribution in [1.29, 1.82) is 0 Å². The van der Waals surface area contributed by atoms with Crippen molar-refractivity contribution in [3.63, 3.8) is 0 Å². The zero-order valence-corrected chi connectivity index (χ0v) is 19.2. The SMILES string of the molecule is CCCCn1c(CN2CCN(c3cccc(Cl)c3)CC2)nc2cc(S(N)(=O)=O)ccc21. The van der Waals surface area contributed by atoms with Crippen molar-refractivity contribution in [3.8, 4) is 0 Å². The summed E-state index contributed by atoms with van der Waals surface area (Å²) in [4.78, 5) is 9.63. The Morgan fingerprint density at radius 3 is 2.55 bits per heavy atom. The molecule has 1 aromatic heterocycles. The van der Waals surface area contributed by atoms with Crippen molar-refractivity contribution in [2.24, 2.45) is 5.14 Å². The molecule has 0 atom stereocenters. The lowest BCUT2D eigenvalue weighted by Crippen LogP contribution is -2.46. The molecule has 1 fully saturated rings. The van der Waals surface area contributed by atoms with Gasteiger partial charge in [-0.3, -0.25) is 4.90 Å². The molecule has 0 unspecified atom stereocenters. The topological polar surface area (TPSA) is 84.5 Å². The summed E-state index contributed by atoms with van der Waals surface area (Å²) >= 11 is 6.14. The molecule has 0 radical (unpaired) electrons. The zero-order valence-electron chi connectivity index (χ0n) is 17.7. The Bertz CT molecular complexity index is 1170. The second-order valence-electron chi connectivity index (χ2n) is 7.97. The number of benzene rings is 2. The fourth-order valence-electron chi connectivity index (χ4n) is 4.06. The van der Waals surface area contributed by atoms with Gasteiger partial charge < -0.3 is 9.47 Å². The molecule has 1 saturated heterocycles. The molecule has 0 bridgehead atoms. The molecule has 0 amide bonds. The number of nitrogens with zero attached hydrogens (tertiary/aromatic N) is 4. The number of hydrogen-bond acceptors (Lipinski definition) is 5. The van der Waals surface area contributed by atoms with Crippen LogP contribution in [0.3, 0.4) is 0 Å². The summed E-state index contributed by atoms with van der Waals surface area (Å²) < 4.78 is 25.7. The first-order chi connectivity index (χ1) is 14.8. The Balaban J connectivity index is 1.53. The van der Waals surface area contributed by atoms with Crippen LogP contribution in [-0.4, -0.2) is 49.0 Å². The van der Waals surface area contributed by atoms with Crippen molar-refractivity contribution in [1.82, 2.24) is 14.5 Å². The molecule has 1 aliphatic rings. The van der Waals surface area contributed by atoms with Crippen LogP contribution in [0, 0.1) is 0 Å². The Morgan fingerprint density at radius 2 is 1.87 bits per heavy atom. The van der Waals surface area contributed by atoms with Crippen molar-refractivity contribution >= 4 is 38.3 Å². The highest BCUT2D eigenvalue weighted by molar-refractivity contribution is 7.89. The molecular weight excluding hydrogens is 434 g/mol. The maximum Gasteiger partial charge on any atom is 0.238 e. The minimum absolute atomic E-state index is 0.0989. The van der Waals surface area contributed by atoms with Gasteiger partial charge >= 0.3 is 0 Å². The van der Waals surface area contributed by atoms with Crippen LogP contribution in [0.4, 0.5) is 5.69 Å². The van der Waals surface area contributed by atoms with E-state index in [1.54, 1.807) is 12.1 Å². The Morgan fingerprint density at radius 1 is 1.10 bits per heavy atom.